The Hall–Kier alpha value is -2.80. The predicted octanol–water partition coefficient (Wildman–Crippen LogP) is 3.50. The Labute approximate surface area is 151 Å². The van der Waals surface area contributed by atoms with Crippen LogP contribution in [-0.4, -0.2) is 57.8 Å². The Morgan fingerprint density at radius 3 is 2.92 bits per heavy atom. The molecule has 2 aliphatic heterocycles. The van der Waals surface area contributed by atoms with Gasteiger partial charge in [-0.25, -0.2) is 4.98 Å². The summed E-state index contributed by atoms with van der Waals surface area (Å²) >= 11 is 0. The molecule has 2 N–H and O–H groups in total. The molecule has 7 heteroatoms. The molecule has 7 nitrogen and oxygen atoms in total. The molecule has 5 rings (SSSR count). The highest BCUT2D eigenvalue weighted by Crippen LogP contribution is 2.40. The second-order valence-corrected chi connectivity index (χ2v) is 7.21. The smallest absolute Gasteiger partial charge is 0.263 e. The summed E-state index contributed by atoms with van der Waals surface area (Å²) in [6.45, 7) is 2.23. The van der Waals surface area contributed by atoms with Gasteiger partial charge in [-0.05, 0) is 44.6 Å². The average Bonchev–Trinajstić information content (AvgIpc) is 3.06. The highest BCUT2D eigenvalue weighted by atomic mass is 15.3. The lowest BCUT2D eigenvalue weighted by atomic mass is 10.0. The van der Waals surface area contributed by atoms with Crippen LogP contribution >= 0.6 is 0 Å². The van der Waals surface area contributed by atoms with Gasteiger partial charge in [-0.15, -0.1) is 0 Å². The lowest BCUT2D eigenvalue weighted by Crippen LogP contribution is -2.37. The monoisotopic (exact) mass is 348 g/mol. The van der Waals surface area contributed by atoms with Crippen molar-refractivity contribution >= 4 is 28.4 Å². The van der Waals surface area contributed by atoms with E-state index in [-0.39, 0.29) is 0 Å². The normalized spacial score (nSPS) is 17.7. The Kier molecular flexibility index (Phi) is 3.49. The fraction of sp³-hybridized carbons (Fsp3) is 0.368. The van der Waals surface area contributed by atoms with E-state index in [1.807, 2.05) is 24.1 Å². The molecule has 0 aliphatic carbocycles. The van der Waals surface area contributed by atoms with Crippen LogP contribution in [0.4, 0.5) is 17.3 Å². The van der Waals surface area contributed by atoms with Crippen molar-refractivity contribution in [3.63, 3.8) is 0 Å². The van der Waals surface area contributed by atoms with E-state index in [0.29, 0.717) is 12.0 Å². The van der Waals surface area contributed by atoms with Crippen LogP contribution in [-0.2, 0) is 0 Å². The second kappa shape index (κ2) is 5.88. The van der Waals surface area contributed by atoms with Gasteiger partial charge in [-0.1, -0.05) is 10.8 Å². The second-order valence-electron chi connectivity index (χ2n) is 7.21. The van der Waals surface area contributed by atoms with Crippen LogP contribution in [0.1, 0.15) is 12.8 Å². The zero-order valence-electron chi connectivity index (χ0n) is 15.0. The molecule has 1 fully saturated rings. The predicted molar refractivity (Wildman–Crippen MR) is 101 cm³/mol. The van der Waals surface area contributed by atoms with Crippen LogP contribution in [0.2, 0.25) is 0 Å². The van der Waals surface area contributed by atoms with Crippen LogP contribution in [0.5, 0.6) is 0 Å². The number of aromatic amines is 1. The molecular formula is C19H22N7+. The molecule has 2 aromatic heterocycles. The summed E-state index contributed by atoms with van der Waals surface area (Å²) in [7, 11) is 4.13. The van der Waals surface area contributed by atoms with E-state index in [4.69, 9.17) is 0 Å². The first-order valence-corrected chi connectivity index (χ1v) is 9.06. The van der Waals surface area contributed by atoms with Crippen LogP contribution in [0.25, 0.3) is 22.2 Å². The summed E-state index contributed by atoms with van der Waals surface area (Å²) in [5.41, 5.74) is 5.33. The van der Waals surface area contributed by atoms with Gasteiger partial charge in [-0.2, -0.15) is 4.98 Å². The Morgan fingerprint density at radius 1 is 1.27 bits per heavy atom. The zero-order valence-corrected chi connectivity index (χ0v) is 15.0. The van der Waals surface area contributed by atoms with Gasteiger partial charge in [0.2, 0.25) is 11.6 Å². The Bertz CT molecular complexity index is 1010. The number of fused-ring (bicyclic) bond motifs is 2. The third-order valence-corrected chi connectivity index (χ3v) is 5.38. The van der Waals surface area contributed by atoms with Crippen molar-refractivity contribution in [1.29, 1.82) is 0 Å². The van der Waals surface area contributed by atoms with E-state index in [9.17, 15) is 0 Å². The van der Waals surface area contributed by atoms with E-state index in [1.54, 1.807) is 0 Å². The molecule has 0 unspecified atom stereocenters. The van der Waals surface area contributed by atoms with Crippen molar-refractivity contribution in [2.75, 3.05) is 32.5 Å². The van der Waals surface area contributed by atoms with Crippen LogP contribution in [0.15, 0.2) is 35.7 Å². The molecule has 0 spiro atoms. The quantitative estimate of drug-likeness (QED) is 0.711. The standard InChI is InChI=1S/C19H21N7/c1-25-7-5-13(6-8-25)22-19-21-11-15-14(10-20-18(15)23-19)12-3-4-16-17(9-12)26(2)24-16/h3-4,9-11,13H,5-8H2,1-2H3,(H,21,22,23,24)/p+1. The average molecular weight is 348 g/mol. The molecule has 4 heterocycles. The molecule has 0 atom stereocenters. The zero-order chi connectivity index (χ0) is 17.7. The molecule has 3 aromatic rings. The minimum absolute atomic E-state index is 0.449. The number of nitrogens with zero attached hydrogens (tertiary/aromatic N) is 5. The van der Waals surface area contributed by atoms with Crippen molar-refractivity contribution in [2.24, 2.45) is 5.11 Å². The van der Waals surface area contributed by atoms with Gasteiger partial charge in [0.1, 0.15) is 5.65 Å². The number of hydrogen-bond donors (Lipinski definition) is 2. The minimum atomic E-state index is 0.449. The lowest BCUT2D eigenvalue weighted by molar-refractivity contribution is -0.494. The maximum atomic E-state index is 4.68. The number of aromatic nitrogens is 3. The van der Waals surface area contributed by atoms with Crippen molar-refractivity contribution in [1.82, 2.24) is 19.9 Å². The number of likely N-dealkylation sites (tertiary alicyclic amines) is 1. The maximum Gasteiger partial charge on any atom is 0.263 e. The third-order valence-electron chi connectivity index (χ3n) is 5.38. The third kappa shape index (κ3) is 2.55. The van der Waals surface area contributed by atoms with E-state index in [2.05, 4.69) is 55.5 Å². The Balaban J connectivity index is 1.41. The van der Waals surface area contributed by atoms with Crippen molar-refractivity contribution in [2.45, 2.75) is 18.9 Å². The first-order chi connectivity index (χ1) is 12.7. The number of nitrogens with one attached hydrogen (secondary N) is 2. The minimum Gasteiger partial charge on any atom is -0.351 e. The van der Waals surface area contributed by atoms with Gasteiger partial charge in [0.15, 0.2) is 7.05 Å². The number of anilines is 1. The van der Waals surface area contributed by atoms with Crippen LogP contribution in [0.3, 0.4) is 0 Å². The van der Waals surface area contributed by atoms with Gasteiger partial charge in [0.25, 0.3) is 5.69 Å². The molecule has 0 bridgehead atoms. The number of benzene rings is 1. The van der Waals surface area contributed by atoms with Crippen LogP contribution < -0.4 is 5.32 Å². The Morgan fingerprint density at radius 2 is 2.12 bits per heavy atom. The molecule has 2 aliphatic rings. The molecule has 0 amide bonds. The molecule has 132 valence electrons. The number of rotatable bonds is 3. The number of hydrogen-bond acceptors (Lipinski definition) is 5. The summed E-state index contributed by atoms with van der Waals surface area (Å²) in [6.07, 6.45) is 6.18. The molecule has 1 saturated heterocycles. The summed E-state index contributed by atoms with van der Waals surface area (Å²) in [6, 6.07) is 6.77. The van der Waals surface area contributed by atoms with E-state index < -0.39 is 0 Å². The topological polar surface area (TPSA) is 72.2 Å². The fourth-order valence-electron chi connectivity index (χ4n) is 3.76. The molecule has 0 saturated carbocycles. The van der Waals surface area contributed by atoms with Gasteiger partial charge >= 0.3 is 0 Å². The lowest BCUT2D eigenvalue weighted by Gasteiger charge is -2.29. The van der Waals surface area contributed by atoms with Gasteiger partial charge < -0.3 is 15.2 Å². The van der Waals surface area contributed by atoms with Crippen molar-refractivity contribution < 1.29 is 4.70 Å². The molecular weight excluding hydrogens is 326 g/mol. The molecule has 0 radical (unpaired) electrons. The summed E-state index contributed by atoms with van der Waals surface area (Å²) in [5, 5.41) is 8.86. The van der Waals surface area contributed by atoms with Crippen molar-refractivity contribution in [3.8, 4) is 11.1 Å². The highest BCUT2D eigenvalue weighted by Gasteiger charge is 2.25. The molecule has 1 aromatic carbocycles. The van der Waals surface area contributed by atoms with Gasteiger partial charge in [0, 0.05) is 40.6 Å². The first-order valence-electron chi connectivity index (χ1n) is 9.06. The summed E-state index contributed by atoms with van der Waals surface area (Å²) < 4.78 is 1.90. The van der Waals surface area contributed by atoms with Gasteiger partial charge in [-0.3, -0.25) is 0 Å². The first kappa shape index (κ1) is 15.5. The van der Waals surface area contributed by atoms with E-state index in [1.165, 1.54) is 0 Å². The van der Waals surface area contributed by atoms with Crippen molar-refractivity contribution in [3.05, 3.63) is 30.6 Å². The van der Waals surface area contributed by atoms with E-state index in [0.717, 1.165) is 59.5 Å². The number of H-pyrrole nitrogens is 1. The number of azo groups is 2. The van der Waals surface area contributed by atoms with E-state index >= 15 is 0 Å². The number of piperidine rings is 1. The largest absolute Gasteiger partial charge is 0.351 e. The van der Waals surface area contributed by atoms with Crippen LogP contribution in [0, 0.1) is 0 Å². The summed E-state index contributed by atoms with van der Waals surface area (Å²) in [4.78, 5) is 14.9. The maximum absolute atomic E-state index is 4.68. The summed E-state index contributed by atoms with van der Waals surface area (Å²) in [5.74, 6) is 0.705. The molecule has 26 heavy (non-hydrogen) atoms. The van der Waals surface area contributed by atoms with Gasteiger partial charge in [0.05, 0.1) is 0 Å². The SMILES string of the molecule is CN1CCC(Nc2ncc3c(-c4ccc5c(c4)[N+](C)=N5)c[nH]c3n2)CC1. The fourth-order valence-corrected chi connectivity index (χ4v) is 3.76. The highest BCUT2D eigenvalue weighted by molar-refractivity contribution is 5.94.